The summed E-state index contributed by atoms with van der Waals surface area (Å²) < 4.78 is 0. The first-order valence-corrected chi connectivity index (χ1v) is 6.70. The molecule has 1 aliphatic heterocycles. The van der Waals surface area contributed by atoms with E-state index in [-0.39, 0.29) is 0 Å². The van der Waals surface area contributed by atoms with E-state index in [2.05, 4.69) is 11.8 Å². The van der Waals surface area contributed by atoms with E-state index in [9.17, 15) is 4.79 Å². The first-order chi connectivity index (χ1) is 8.65. The number of hydrogen-bond donors (Lipinski definition) is 1. The number of nitrogens with zero attached hydrogens (tertiary/aromatic N) is 1. The Bertz CT molecular complexity index is 417. The van der Waals surface area contributed by atoms with Crippen LogP contribution in [0.1, 0.15) is 42.1 Å². The van der Waals surface area contributed by atoms with Crippen LogP contribution in [-0.4, -0.2) is 29.1 Å². The lowest BCUT2D eigenvalue weighted by molar-refractivity contribution is 0.0696. The number of hydrogen-bond acceptors (Lipinski definition) is 2. The van der Waals surface area contributed by atoms with Gasteiger partial charge in [-0.2, -0.15) is 0 Å². The molecule has 1 saturated heterocycles. The van der Waals surface area contributed by atoms with Gasteiger partial charge < -0.3 is 5.11 Å². The van der Waals surface area contributed by atoms with E-state index in [0.29, 0.717) is 5.56 Å². The largest absolute Gasteiger partial charge is 0.478 e. The van der Waals surface area contributed by atoms with Crippen LogP contribution in [0.2, 0.25) is 0 Å². The van der Waals surface area contributed by atoms with Gasteiger partial charge in [0, 0.05) is 13.1 Å². The lowest BCUT2D eigenvalue weighted by Crippen LogP contribution is -2.27. The smallest absolute Gasteiger partial charge is 0.335 e. The van der Waals surface area contributed by atoms with Crippen molar-refractivity contribution in [1.82, 2.24) is 4.90 Å². The van der Waals surface area contributed by atoms with Crippen molar-refractivity contribution in [3.05, 3.63) is 35.4 Å². The normalized spacial score (nSPS) is 21.5. The molecule has 0 radical (unpaired) electrons. The molecular weight excluding hydrogens is 226 g/mol. The van der Waals surface area contributed by atoms with Crippen LogP contribution in [0.5, 0.6) is 0 Å². The lowest BCUT2D eigenvalue weighted by atomic mass is 10.1. The first kappa shape index (κ1) is 13.1. The molecule has 0 bridgehead atoms. The Hall–Kier alpha value is -1.35. The number of likely N-dealkylation sites (tertiary alicyclic amines) is 1. The van der Waals surface area contributed by atoms with Gasteiger partial charge in [0.05, 0.1) is 5.56 Å². The molecule has 3 heteroatoms. The van der Waals surface area contributed by atoms with Crippen LogP contribution in [-0.2, 0) is 6.54 Å². The van der Waals surface area contributed by atoms with Gasteiger partial charge in [0.1, 0.15) is 0 Å². The second-order valence-electron chi connectivity index (χ2n) is 5.34. The minimum absolute atomic E-state index is 0.385. The zero-order valence-electron chi connectivity index (χ0n) is 10.9. The van der Waals surface area contributed by atoms with Crippen molar-refractivity contribution >= 4 is 5.97 Å². The van der Waals surface area contributed by atoms with E-state index in [1.165, 1.54) is 19.3 Å². The van der Waals surface area contributed by atoms with Crippen LogP contribution < -0.4 is 0 Å². The van der Waals surface area contributed by atoms with Gasteiger partial charge in [0.15, 0.2) is 0 Å². The molecule has 0 aromatic heterocycles. The van der Waals surface area contributed by atoms with Gasteiger partial charge in [-0.1, -0.05) is 25.5 Å². The Morgan fingerprint density at radius 3 is 3.06 bits per heavy atom. The fourth-order valence-electron chi connectivity index (χ4n) is 2.66. The molecule has 1 N–H and O–H groups in total. The Balaban J connectivity index is 2.03. The van der Waals surface area contributed by atoms with Crippen LogP contribution in [0.3, 0.4) is 0 Å². The number of carboxylic acids is 1. The van der Waals surface area contributed by atoms with Crippen LogP contribution in [0.15, 0.2) is 24.3 Å². The van der Waals surface area contributed by atoms with Crippen molar-refractivity contribution < 1.29 is 9.90 Å². The van der Waals surface area contributed by atoms with Gasteiger partial charge in [0.25, 0.3) is 0 Å². The van der Waals surface area contributed by atoms with Crippen molar-refractivity contribution in [3.63, 3.8) is 0 Å². The molecule has 0 spiro atoms. The first-order valence-electron chi connectivity index (χ1n) is 6.70. The summed E-state index contributed by atoms with van der Waals surface area (Å²) in [4.78, 5) is 13.4. The van der Waals surface area contributed by atoms with E-state index < -0.39 is 5.97 Å². The third-order valence-electron chi connectivity index (χ3n) is 3.57. The minimum atomic E-state index is -0.846. The second kappa shape index (κ2) is 6.01. The summed E-state index contributed by atoms with van der Waals surface area (Å²) in [6.07, 6.45) is 3.88. The summed E-state index contributed by atoms with van der Waals surface area (Å²) in [7, 11) is 0. The SMILES string of the molecule is CC1CCCCN(Cc2cccc(C(=O)O)c2)C1. The molecule has 1 aromatic carbocycles. The Kier molecular flexibility index (Phi) is 4.37. The van der Waals surface area contributed by atoms with Gasteiger partial charge >= 0.3 is 5.97 Å². The van der Waals surface area contributed by atoms with Crippen molar-refractivity contribution in [2.45, 2.75) is 32.7 Å². The Morgan fingerprint density at radius 2 is 2.28 bits per heavy atom. The number of rotatable bonds is 3. The fourth-order valence-corrected chi connectivity index (χ4v) is 2.66. The van der Waals surface area contributed by atoms with Crippen LogP contribution in [0.4, 0.5) is 0 Å². The van der Waals surface area contributed by atoms with Crippen molar-refractivity contribution in [2.75, 3.05) is 13.1 Å². The molecule has 1 aromatic rings. The highest BCUT2D eigenvalue weighted by Gasteiger charge is 2.15. The van der Waals surface area contributed by atoms with Gasteiger partial charge in [-0.3, -0.25) is 4.90 Å². The molecule has 18 heavy (non-hydrogen) atoms. The molecule has 0 saturated carbocycles. The zero-order valence-corrected chi connectivity index (χ0v) is 10.9. The molecule has 1 unspecified atom stereocenters. The molecule has 1 fully saturated rings. The highest BCUT2D eigenvalue weighted by molar-refractivity contribution is 5.87. The molecule has 0 aliphatic carbocycles. The van der Waals surface area contributed by atoms with Crippen LogP contribution in [0.25, 0.3) is 0 Å². The maximum absolute atomic E-state index is 10.9. The quantitative estimate of drug-likeness (QED) is 0.892. The minimum Gasteiger partial charge on any atom is -0.478 e. The van der Waals surface area contributed by atoms with Gasteiger partial charge in [-0.25, -0.2) is 4.79 Å². The topological polar surface area (TPSA) is 40.5 Å². The third kappa shape index (κ3) is 3.57. The maximum Gasteiger partial charge on any atom is 0.335 e. The summed E-state index contributed by atoms with van der Waals surface area (Å²) in [5, 5.41) is 8.99. The van der Waals surface area contributed by atoms with Crippen molar-refractivity contribution in [3.8, 4) is 0 Å². The van der Waals surface area contributed by atoms with E-state index >= 15 is 0 Å². The lowest BCUT2D eigenvalue weighted by Gasteiger charge is -2.22. The average Bonchev–Trinajstić information content (AvgIpc) is 2.54. The average molecular weight is 247 g/mol. The highest BCUT2D eigenvalue weighted by Crippen LogP contribution is 2.18. The maximum atomic E-state index is 10.9. The molecular formula is C15H21NO2. The summed E-state index contributed by atoms with van der Waals surface area (Å²) in [6, 6.07) is 7.29. The van der Waals surface area contributed by atoms with Crippen molar-refractivity contribution in [2.24, 2.45) is 5.92 Å². The second-order valence-corrected chi connectivity index (χ2v) is 5.34. The summed E-state index contributed by atoms with van der Waals surface area (Å²) in [5.41, 5.74) is 1.49. The van der Waals surface area contributed by atoms with E-state index in [4.69, 9.17) is 5.11 Å². The number of carboxylic acid groups (broad SMARTS) is 1. The number of aromatic carboxylic acids is 1. The van der Waals surface area contributed by atoms with Gasteiger partial charge in [0.2, 0.25) is 0 Å². The third-order valence-corrected chi connectivity index (χ3v) is 3.57. The Labute approximate surface area is 108 Å². The predicted molar refractivity (Wildman–Crippen MR) is 71.7 cm³/mol. The van der Waals surface area contributed by atoms with Crippen LogP contribution >= 0.6 is 0 Å². The van der Waals surface area contributed by atoms with Crippen LogP contribution in [0, 0.1) is 5.92 Å². The molecule has 1 atom stereocenters. The molecule has 0 amide bonds. The zero-order chi connectivity index (χ0) is 13.0. The standard InChI is InChI=1S/C15H21NO2/c1-12-5-2-3-8-16(10-12)11-13-6-4-7-14(9-13)15(17)18/h4,6-7,9,12H,2-3,5,8,10-11H2,1H3,(H,17,18). The summed E-state index contributed by atoms with van der Waals surface area (Å²) in [6.45, 7) is 5.41. The molecule has 98 valence electrons. The summed E-state index contributed by atoms with van der Waals surface area (Å²) >= 11 is 0. The van der Waals surface area contributed by atoms with Crippen molar-refractivity contribution in [1.29, 1.82) is 0 Å². The summed E-state index contributed by atoms with van der Waals surface area (Å²) in [5.74, 6) is -0.101. The fraction of sp³-hybridized carbons (Fsp3) is 0.533. The molecule has 2 rings (SSSR count). The van der Waals surface area contributed by atoms with E-state index in [1.54, 1.807) is 12.1 Å². The van der Waals surface area contributed by atoms with Gasteiger partial charge in [-0.15, -0.1) is 0 Å². The number of benzene rings is 1. The number of carbonyl (C=O) groups is 1. The molecule has 1 aliphatic rings. The van der Waals surface area contributed by atoms with Gasteiger partial charge in [-0.05, 0) is 43.0 Å². The highest BCUT2D eigenvalue weighted by atomic mass is 16.4. The molecule has 1 heterocycles. The monoisotopic (exact) mass is 247 g/mol. The predicted octanol–water partition coefficient (Wildman–Crippen LogP) is 3.01. The van der Waals surface area contributed by atoms with E-state index in [0.717, 1.165) is 31.1 Å². The molecule has 3 nitrogen and oxygen atoms in total. The van der Waals surface area contributed by atoms with E-state index in [1.807, 2.05) is 12.1 Å². The Morgan fingerprint density at radius 1 is 1.44 bits per heavy atom.